The fraction of sp³-hybridized carbons (Fsp3) is 0.667. The molecule has 2 aromatic heterocycles. The van der Waals surface area contributed by atoms with Crippen LogP contribution >= 0.6 is 23.1 Å². The molecule has 146 valence electrons. The molecule has 2 aromatic rings. The number of carbonyl (C=O) groups is 1. The van der Waals surface area contributed by atoms with Gasteiger partial charge in [0.25, 0.3) is 0 Å². The number of anilines is 2. The van der Waals surface area contributed by atoms with Crippen molar-refractivity contribution in [3.8, 4) is 0 Å². The van der Waals surface area contributed by atoms with Crippen molar-refractivity contribution < 1.29 is 4.79 Å². The van der Waals surface area contributed by atoms with Gasteiger partial charge in [0.05, 0.1) is 18.0 Å². The molecule has 2 N–H and O–H groups in total. The Morgan fingerprint density at radius 3 is 2.74 bits per heavy atom. The Morgan fingerprint density at radius 1 is 1.15 bits per heavy atom. The fourth-order valence-electron chi connectivity index (χ4n) is 3.91. The van der Waals surface area contributed by atoms with E-state index in [1.807, 2.05) is 10.7 Å². The average Bonchev–Trinajstić information content (AvgIpc) is 3.43. The third-order valence-electron chi connectivity index (χ3n) is 5.27. The number of aromatic nitrogens is 4. The van der Waals surface area contributed by atoms with Crippen LogP contribution < -0.4 is 10.6 Å². The lowest BCUT2D eigenvalue weighted by Gasteiger charge is -2.21. The predicted octanol–water partition coefficient (Wildman–Crippen LogP) is 4.33. The molecule has 0 aromatic carbocycles. The number of nitrogens with zero attached hydrogens (tertiary/aromatic N) is 4. The van der Waals surface area contributed by atoms with E-state index < -0.39 is 0 Å². The van der Waals surface area contributed by atoms with Crippen molar-refractivity contribution in [1.29, 1.82) is 0 Å². The zero-order chi connectivity index (χ0) is 18.5. The molecule has 0 aliphatic heterocycles. The summed E-state index contributed by atoms with van der Waals surface area (Å²) in [6, 6.07) is 2.81. The van der Waals surface area contributed by atoms with Crippen LogP contribution in [0.2, 0.25) is 0 Å². The Balaban J connectivity index is 1.25. The molecule has 7 nitrogen and oxygen atoms in total. The van der Waals surface area contributed by atoms with E-state index in [0.717, 1.165) is 28.1 Å². The van der Waals surface area contributed by atoms with Crippen LogP contribution in [0, 0.1) is 0 Å². The van der Waals surface area contributed by atoms with Gasteiger partial charge in [-0.3, -0.25) is 4.79 Å². The second-order valence-corrected chi connectivity index (χ2v) is 9.49. The van der Waals surface area contributed by atoms with Gasteiger partial charge in [-0.1, -0.05) is 55.2 Å². The lowest BCUT2D eigenvalue weighted by molar-refractivity contribution is -0.113. The first kappa shape index (κ1) is 18.7. The van der Waals surface area contributed by atoms with E-state index in [2.05, 4.69) is 25.9 Å². The fourth-order valence-corrected chi connectivity index (χ4v) is 5.54. The summed E-state index contributed by atoms with van der Waals surface area (Å²) >= 11 is 2.97. The molecule has 9 heteroatoms. The van der Waals surface area contributed by atoms with Crippen molar-refractivity contribution in [3.05, 3.63) is 12.3 Å². The normalized spacial score (nSPS) is 18.7. The van der Waals surface area contributed by atoms with Gasteiger partial charge >= 0.3 is 0 Å². The summed E-state index contributed by atoms with van der Waals surface area (Å²) in [6.07, 6.45) is 12.8. The van der Waals surface area contributed by atoms with Crippen LogP contribution in [0.15, 0.2) is 16.6 Å². The van der Waals surface area contributed by atoms with Gasteiger partial charge in [-0.05, 0) is 25.7 Å². The molecule has 1 amide bonds. The van der Waals surface area contributed by atoms with Gasteiger partial charge in [-0.25, -0.2) is 4.68 Å². The van der Waals surface area contributed by atoms with Crippen LogP contribution in [0.4, 0.5) is 10.9 Å². The molecule has 2 aliphatic rings. The predicted molar refractivity (Wildman–Crippen MR) is 109 cm³/mol. The number of thioether (sulfide) groups is 1. The Kier molecular flexibility index (Phi) is 6.28. The van der Waals surface area contributed by atoms with Crippen LogP contribution in [-0.4, -0.2) is 37.7 Å². The van der Waals surface area contributed by atoms with Crippen molar-refractivity contribution in [2.45, 2.75) is 74.2 Å². The minimum Gasteiger partial charge on any atom is -0.357 e. The van der Waals surface area contributed by atoms with E-state index in [-0.39, 0.29) is 5.91 Å². The van der Waals surface area contributed by atoms with Gasteiger partial charge in [0, 0.05) is 12.1 Å². The standard InChI is InChI=1S/C18H26N6OS2/c25-16(21-15-10-11-19-24(15)14-8-4-5-9-14)12-26-18-23-22-17(27-18)20-13-6-2-1-3-7-13/h10-11,13-14H,1-9,12H2,(H,20,22)(H,21,25). The average molecular weight is 407 g/mol. The summed E-state index contributed by atoms with van der Waals surface area (Å²) in [7, 11) is 0. The third kappa shape index (κ3) is 5.01. The van der Waals surface area contributed by atoms with E-state index in [9.17, 15) is 4.79 Å². The molecule has 0 spiro atoms. The highest BCUT2D eigenvalue weighted by Gasteiger charge is 2.21. The Morgan fingerprint density at radius 2 is 1.93 bits per heavy atom. The number of carbonyl (C=O) groups excluding carboxylic acids is 1. The van der Waals surface area contributed by atoms with Gasteiger partial charge in [0.15, 0.2) is 4.34 Å². The van der Waals surface area contributed by atoms with Gasteiger partial charge in [-0.15, -0.1) is 10.2 Å². The first-order valence-corrected chi connectivity index (χ1v) is 11.6. The number of amides is 1. The van der Waals surface area contributed by atoms with Crippen LogP contribution in [-0.2, 0) is 4.79 Å². The van der Waals surface area contributed by atoms with Crippen molar-refractivity contribution in [2.75, 3.05) is 16.4 Å². The zero-order valence-electron chi connectivity index (χ0n) is 15.4. The quantitative estimate of drug-likeness (QED) is 0.666. The molecule has 0 unspecified atom stereocenters. The third-order valence-corrected chi connectivity index (χ3v) is 7.26. The smallest absolute Gasteiger partial charge is 0.235 e. The Bertz CT molecular complexity index is 749. The van der Waals surface area contributed by atoms with E-state index in [1.165, 1.54) is 68.0 Å². The molecular weight excluding hydrogens is 380 g/mol. The maximum Gasteiger partial charge on any atom is 0.235 e. The van der Waals surface area contributed by atoms with Crippen LogP contribution in [0.1, 0.15) is 63.8 Å². The Hall–Kier alpha value is -1.61. The minimum absolute atomic E-state index is 0.0308. The molecule has 2 heterocycles. The van der Waals surface area contributed by atoms with Crippen LogP contribution in [0.25, 0.3) is 0 Å². The molecule has 4 rings (SSSR count). The summed E-state index contributed by atoms with van der Waals surface area (Å²) < 4.78 is 2.79. The lowest BCUT2D eigenvalue weighted by atomic mass is 9.96. The first-order chi connectivity index (χ1) is 13.3. The number of hydrogen-bond donors (Lipinski definition) is 2. The zero-order valence-corrected chi connectivity index (χ0v) is 17.0. The van der Waals surface area contributed by atoms with Crippen molar-refractivity contribution in [1.82, 2.24) is 20.0 Å². The van der Waals surface area contributed by atoms with E-state index in [1.54, 1.807) is 6.20 Å². The molecule has 0 bridgehead atoms. The van der Waals surface area contributed by atoms with Gasteiger partial charge < -0.3 is 10.6 Å². The second-order valence-electron chi connectivity index (χ2n) is 7.29. The summed E-state index contributed by atoms with van der Waals surface area (Å²) in [5, 5.41) is 20.2. The maximum absolute atomic E-state index is 12.3. The summed E-state index contributed by atoms with van der Waals surface area (Å²) in [6.45, 7) is 0. The lowest BCUT2D eigenvalue weighted by Crippen LogP contribution is -2.21. The topological polar surface area (TPSA) is 84.7 Å². The van der Waals surface area contributed by atoms with Crippen molar-refractivity contribution in [3.63, 3.8) is 0 Å². The monoisotopic (exact) mass is 406 g/mol. The van der Waals surface area contributed by atoms with Crippen molar-refractivity contribution >= 4 is 40.0 Å². The summed E-state index contributed by atoms with van der Waals surface area (Å²) in [5.41, 5.74) is 0. The largest absolute Gasteiger partial charge is 0.357 e. The minimum atomic E-state index is -0.0308. The van der Waals surface area contributed by atoms with Gasteiger partial charge in [0.1, 0.15) is 5.82 Å². The maximum atomic E-state index is 12.3. The van der Waals surface area contributed by atoms with E-state index >= 15 is 0 Å². The van der Waals surface area contributed by atoms with Crippen molar-refractivity contribution in [2.24, 2.45) is 0 Å². The molecule has 0 atom stereocenters. The molecular formula is C18H26N6OS2. The molecule has 0 saturated heterocycles. The highest BCUT2D eigenvalue weighted by molar-refractivity contribution is 8.01. The summed E-state index contributed by atoms with van der Waals surface area (Å²) in [4.78, 5) is 12.3. The SMILES string of the molecule is O=C(CSc1nnc(NC2CCCCC2)s1)Nc1ccnn1C1CCCC1. The van der Waals surface area contributed by atoms with Gasteiger partial charge in [-0.2, -0.15) is 5.10 Å². The second kappa shape index (κ2) is 9.05. The molecule has 2 saturated carbocycles. The molecule has 27 heavy (non-hydrogen) atoms. The van der Waals surface area contributed by atoms with E-state index in [4.69, 9.17) is 0 Å². The number of rotatable bonds is 7. The van der Waals surface area contributed by atoms with Crippen LogP contribution in [0.5, 0.6) is 0 Å². The Labute approximate surface area is 167 Å². The molecule has 2 fully saturated rings. The molecule has 0 radical (unpaired) electrons. The van der Waals surface area contributed by atoms with E-state index in [0.29, 0.717) is 17.8 Å². The summed E-state index contributed by atoms with van der Waals surface area (Å²) in [5.74, 6) is 1.09. The first-order valence-electron chi connectivity index (χ1n) is 9.84. The number of nitrogens with one attached hydrogen (secondary N) is 2. The highest BCUT2D eigenvalue weighted by atomic mass is 32.2. The van der Waals surface area contributed by atoms with Gasteiger partial charge in [0.2, 0.25) is 11.0 Å². The number of hydrogen-bond acceptors (Lipinski definition) is 7. The van der Waals surface area contributed by atoms with Crippen LogP contribution in [0.3, 0.4) is 0 Å². The highest BCUT2D eigenvalue weighted by Crippen LogP contribution is 2.32. The molecule has 2 aliphatic carbocycles.